The molecule has 0 saturated carbocycles. The number of rotatable bonds is 6. The third-order valence-electron chi connectivity index (χ3n) is 3.92. The number of pyridine rings is 1. The second-order valence-corrected chi connectivity index (χ2v) is 7.75. The smallest absolute Gasteiger partial charge is 0.195 e. The highest BCUT2D eigenvalue weighted by Crippen LogP contribution is 2.25. The minimum absolute atomic E-state index is 0.158. The Balaban J connectivity index is 1.90. The SMILES string of the molecule is CCc1ccc(S(=O)Nc2ccc(Br)cc2C(=O)c2ccncc2)cc1. The molecule has 0 saturated heterocycles. The van der Waals surface area contributed by atoms with Crippen LogP contribution in [0.25, 0.3) is 0 Å². The molecule has 1 unspecified atom stereocenters. The molecule has 0 aliphatic rings. The van der Waals surface area contributed by atoms with Crippen molar-refractivity contribution in [3.8, 4) is 0 Å². The van der Waals surface area contributed by atoms with Crippen molar-refractivity contribution in [1.82, 2.24) is 4.98 Å². The first-order chi connectivity index (χ1) is 12.6. The molecule has 0 aliphatic carbocycles. The number of halogens is 1. The zero-order valence-corrected chi connectivity index (χ0v) is 16.5. The third kappa shape index (κ3) is 4.26. The van der Waals surface area contributed by atoms with Crippen molar-refractivity contribution in [2.45, 2.75) is 18.2 Å². The lowest BCUT2D eigenvalue weighted by Crippen LogP contribution is -2.11. The largest absolute Gasteiger partial charge is 0.300 e. The van der Waals surface area contributed by atoms with Crippen molar-refractivity contribution < 1.29 is 9.00 Å². The summed E-state index contributed by atoms with van der Waals surface area (Å²) >= 11 is 3.40. The van der Waals surface area contributed by atoms with Crippen LogP contribution in [0.4, 0.5) is 5.69 Å². The molecule has 132 valence electrons. The third-order valence-corrected chi connectivity index (χ3v) is 5.52. The van der Waals surface area contributed by atoms with Gasteiger partial charge in [0, 0.05) is 28.0 Å². The van der Waals surface area contributed by atoms with Crippen molar-refractivity contribution in [2.75, 3.05) is 4.72 Å². The second kappa shape index (κ2) is 8.38. The van der Waals surface area contributed by atoms with Crippen molar-refractivity contribution in [3.63, 3.8) is 0 Å². The molecule has 1 aromatic heterocycles. The molecule has 1 atom stereocenters. The van der Waals surface area contributed by atoms with Crippen molar-refractivity contribution in [2.24, 2.45) is 0 Å². The van der Waals surface area contributed by atoms with E-state index in [9.17, 15) is 9.00 Å². The molecule has 6 heteroatoms. The Hall–Kier alpha value is -2.31. The predicted molar refractivity (Wildman–Crippen MR) is 108 cm³/mol. The maximum Gasteiger partial charge on any atom is 0.195 e. The van der Waals surface area contributed by atoms with E-state index in [4.69, 9.17) is 0 Å². The molecule has 26 heavy (non-hydrogen) atoms. The van der Waals surface area contributed by atoms with E-state index in [1.807, 2.05) is 30.3 Å². The number of anilines is 1. The van der Waals surface area contributed by atoms with E-state index in [1.54, 1.807) is 36.7 Å². The Morgan fingerprint density at radius 3 is 2.42 bits per heavy atom. The summed E-state index contributed by atoms with van der Waals surface area (Å²) in [5.74, 6) is -0.158. The van der Waals surface area contributed by atoms with Gasteiger partial charge in [0.25, 0.3) is 0 Å². The summed E-state index contributed by atoms with van der Waals surface area (Å²) in [6.45, 7) is 2.07. The van der Waals surface area contributed by atoms with Crippen LogP contribution in [-0.4, -0.2) is 15.0 Å². The fourth-order valence-electron chi connectivity index (χ4n) is 2.46. The average molecular weight is 429 g/mol. The van der Waals surface area contributed by atoms with E-state index >= 15 is 0 Å². The maximum absolute atomic E-state index is 12.8. The first-order valence-electron chi connectivity index (χ1n) is 8.10. The highest BCUT2D eigenvalue weighted by Gasteiger charge is 2.16. The first kappa shape index (κ1) is 18.5. The quantitative estimate of drug-likeness (QED) is 0.575. The molecular weight excluding hydrogens is 412 g/mol. The van der Waals surface area contributed by atoms with Gasteiger partial charge in [-0.25, -0.2) is 4.21 Å². The van der Waals surface area contributed by atoms with Gasteiger partial charge in [-0.1, -0.05) is 35.0 Å². The predicted octanol–water partition coefficient (Wildman–Crippen LogP) is 4.77. The van der Waals surface area contributed by atoms with E-state index in [1.165, 1.54) is 5.56 Å². The number of aromatic nitrogens is 1. The van der Waals surface area contributed by atoms with Crippen LogP contribution in [0.5, 0.6) is 0 Å². The van der Waals surface area contributed by atoms with Gasteiger partial charge in [0.15, 0.2) is 5.78 Å². The second-order valence-electron chi connectivity index (χ2n) is 5.62. The van der Waals surface area contributed by atoms with Gasteiger partial charge in [0.1, 0.15) is 11.0 Å². The van der Waals surface area contributed by atoms with Crippen LogP contribution in [0.2, 0.25) is 0 Å². The summed E-state index contributed by atoms with van der Waals surface area (Å²) in [6, 6.07) is 16.2. The molecule has 0 bridgehead atoms. The molecular formula is C20H17BrN2O2S. The number of ketones is 1. The Morgan fingerprint density at radius 2 is 1.77 bits per heavy atom. The van der Waals surface area contributed by atoms with Gasteiger partial charge in [-0.2, -0.15) is 0 Å². The fraction of sp³-hybridized carbons (Fsp3) is 0.100. The van der Waals surface area contributed by atoms with E-state index in [2.05, 4.69) is 32.6 Å². The van der Waals surface area contributed by atoms with Crippen LogP contribution >= 0.6 is 15.9 Å². The molecule has 0 radical (unpaired) electrons. The molecule has 1 heterocycles. The lowest BCUT2D eigenvalue weighted by molar-refractivity contribution is 0.103. The van der Waals surface area contributed by atoms with Crippen LogP contribution in [0.1, 0.15) is 28.4 Å². The lowest BCUT2D eigenvalue weighted by atomic mass is 10.0. The van der Waals surface area contributed by atoms with E-state index in [0.29, 0.717) is 21.7 Å². The Labute approximate surface area is 163 Å². The summed E-state index contributed by atoms with van der Waals surface area (Å²) in [7, 11) is -1.46. The van der Waals surface area contributed by atoms with Crippen LogP contribution in [0, 0.1) is 0 Å². The summed E-state index contributed by atoms with van der Waals surface area (Å²) in [6.07, 6.45) is 4.08. The van der Waals surface area contributed by atoms with Gasteiger partial charge in [-0.05, 0) is 54.4 Å². The van der Waals surface area contributed by atoms with Gasteiger partial charge in [0.05, 0.1) is 10.6 Å². The highest BCUT2D eigenvalue weighted by molar-refractivity contribution is 9.10. The zero-order chi connectivity index (χ0) is 18.5. The molecule has 0 spiro atoms. The Morgan fingerprint density at radius 1 is 1.08 bits per heavy atom. The summed E-state index contributed by atoms with van der Waals surface area (Å²) in [5.41, 5.74) is 2.68. The van der Waals surface area contributed by atoms with Gasteiger partial charge in [-0.15, -0.1) is 0 Å². The van der Waals surface area contributed by atoms with Crippen molar-refractivity contribution in [1.29, 1.82) is 0 Å². The van der Waals surface area contributed by atoms with Crippen LogP contribution < -0.4 is 4.72 Å². The minimum atomic E-state index is -1.46. The summed E-state index contributed by atoms with van der Waals surface area (Å²) in [5, 5.41) is 0. The lowest BCUT2D eigenvalue weighted by Gasteiger charge is -2.12. The van der Waals surface area contributed by atoms with Crippen molar-refractivity contribution >= 4 is 38.4 Å². The number of nitrogens with zero attached hydrogens (tertiary/aromatic N) is 1. The zero-order valence-electron chi connectivity index (χ0n) is 14.1. The summed E-state index contributed by atoms with van der Waals surface area (Å²) in [4.78, 5) is 17.4. The maximum atomic E-state index is 12.8. The number of carbonyl (C=O) groups excluding carboxylic acids is 1. The van der Waals surface area contributed by atoms with Gasteiger partial charge >= 0.3 is 0 Å². The summed E-state index contributed by atoms with van der Waals surface area (Å²) < 4.78 is 16.4. The van der Waals surface area contributed by atoms with E-state index < -0.39 is 11.0 Å². The Bertz CT molecular complexity index is 944. The number of benzene rings is 2. The fourth-order valence-corrected chi connectivity index (χ4v) is 3.70. The van der Waals surface area contributed by atoms with Gasteiger partial charge in [0.2, 0.25) is 0 Å². The van der Waals surface area contributed by atoms with Gasteiger partial charge in [-0.3, -0.25) is 9.78 Å². The molecule has 1 N–H and O–H groups in total. The molecule has 4 nitrogen and oxygen atoms in total. The van der Waals surface area contributed by atoms with E-state index in [0.717, 1.165) is 10.9 Å². The van der Waals surface area contributed by atoms with E-state index in [-0.39, 0.29) is 5.78 Å². The topological polar surface area (TPSA) is 59.1 Å². The van der Waals surface area contributed by atoms with Gasteiger partial charge < -0.3 is 4.72 Å². The molecule has 3 aromatic rings. The standard InChI is InChI=1S/C20H17BrN2O2S/c1-2-14-3-6-17(7-4-14)26(25)23-19-8-5-16(21)13-18(19)20(24)15-9-11-22-12-10-15/h3-13,23H,2H2,1H3. The highest BCUT2D eigenvalue weighted by atomic mass is 79.9. The van der Waals surface area contributed by atoms with Crippen molar-refractivity contribution in [3.05, 3.63) is 88.2 Å². The monoisotopic (exact) mass is 428 g/mol. The molecule has 2 aromatic carbocycles. The number of hydrogen-bond donors (Lipinski definition) is 1. The van der Waals surface area contributed by atoms with Crippen LogP contribution in [-0.2, 0) is 17.4 Å². The molecule has 0 aliphatic heterocycles. The number of hydrogen-bond acceptors (Lipinski definition) is 3. The first-order valence-corrected chi connectivity index (χ1v) is 10.0. The number of carbonyl (C=O) groups is 1. The number of aryl methyl sites for hydroxylation is 1. The molecule has 3 rings (SSSR count). The van der Waals surface area contributed by atoms with Crippen LogP contribution in [0.3, 0.4) is 0 Å². The molecule has 0 amide bonds. The van der Waals surface area contributed by atoms with Crippen LogP contribution in [0.15, 0.2) is 76.4 Å². The molecule has 0 fully saturated rings. The minimum Gasteiger partial charge on any atom is -0.300 e. The number of nitrogens with one attached hydrogen (secondary N) is 1. The normalized spacial score (nSPS) is 11.8. The average Bonchev–Trinajstić information content (AvgIpc) is 2.69. The Kier molecular flexibility index (Phi) is 5.96.